The third-order valence-electron chi connectivity index (χ3n) is 3.43. The number of hydrogen-bond acceptors (Lipinski definition) is 3. The highest BCUT2D eigenvalue weighted by atomic mass is 35.5. The first-order valence-electron chi connectivity index (χ1n) is 6.00. The van der Waals surface area contributed by atoms with Crippen molar-refractivity contribution in [2.45, 2.75) is 19.3 Å². The van der Waals surface area contributed by atoms with Crippen LogP contribution in [0.2, 0.25) is 0 Å². The van der Waals surface area contributed by atoms with E-state index >= 15 is 0 Å². The molecule has 1 saturated carbocycles. The summed E-state index contributed by atoms with van der Waals surface area (Å²) in [6.45, 7) is 0.577. The van der Waals surface area contributed by atoms with E-state index in [-0.39, 0.29) is 30.0 Å². The van der Waals surface area contributed by atoms with Gasteiger partial charge in [0.15, 0.2) is 0 Å². The monoisotopic (exact) mass is 270 g/mol. The number of phenols is 1. The third kappa shape index (κ3) is 3.37. The van der Waals surface area contributed by atoms with E-state index in [0.717, 1.165) is 24.9 Å². The van der Waals surface area contributed by atoms with Gasteiger partial charge in [-0.1, -0.05) is 6.42 Å². The minimum absolute atomic E-state index is 0. The lowest BCUT2D eigenvalue weighted by Crippen LogP contribution is -2.29. The summed E-state index contributed by atoms with van der Waals surface area (Å²) < 4.78 is 0. The molecular weight excluding hydrogens is 252 g/mol. The van der Waals surface area contributed by atoms with Crippen molar-refractivity contribution in [3.63, 3.8) is 0 Å². The van der Waals surface area contributed by atoms with Gasteiger partial charge in [-0.3, -0.25) is 4.79 Å². The molecular formula is C13H19ClN2O2. The van der Waals surface area contributed by atoms with Crippen molar-refractivity contribution < 1.29 is 9.90 Å². The van der Waals surface area contributed by atoms with Gasteiger partial charge < -0.3 is 16.2 Å². The minimum atomic E-state index is 0. The van der Waals surface area contributed by atoms with E-state index in [1.54, 1.807) is 24.3 Å². The Morgan fingerprint density at radius 1 is 1.33 bits per heavy atom. The standard InChI is InChI=1S/C13H18N2O2.ClH/c14-8-9-2-1-3-12(9)13(17)15-10-4-6-11(16)7-5-10;/h4-7,9,12,16H,1-3,8,14H2,(H,15,17);1H/t9-,12-;/m1./s1. The van der Waals surface area contributed by atoms with E-state index in [4.69, 9.17) is 10.8 Å². The Morgan fingerprint density at radius 2 is 2.00 bits per heavy atom. The number of amides is 1. The van der Waals surface area contributed by atoms with Crippen LogP contribution >= 0.6 is 12.4 Å². The molecule has 5 heteroatoms. The maximum atomic E-state index is 12.0. The lowest BCUT2D eigenvalue weighted by Gasteiger charge is -2.17. The zero-order valence-corrected chi connectivity index (χ0v) is 11.0. The summed E-state index contributed by atoms with van der Waals surface area (Å²) in [5, 5.41) is 12.0. The number of anilines is 1. The molecule has 0 aromatic heterocycles. The summed E-state index contributed by atoms with van der Waals surface area (Å²) in [7, 11) is 0. The average Bonchev–Trinajstić information content (AvgIpc) is 2.80. The van der Waals surface area contributed by atoms with Crippen LogP contribution in [-0.4, -0.2) is 17.6 Å². The number of carbonyl (C=O) groups is 1. The second-order valence-corrected chi connectivity index (χ2v) is 4.57. The van der Waals surface area contributed by atoms with Crippen molar-refractivity contribution >= 4 is 24.0 Å². The van der Waals surface area contributed by atoms with Gasteiger partial charge in [0.1, 0.15) is 5.75 Å². The lowest BCUT2D eigenvalue weighted by molar-refractivity contribution is -0.120. The fraction of sp³-hybridized carbons (Fsp3) is 0.462. The van der Waals surface area contributed by atoms with Crippen LogP contribution in [-0.2, 0) is 4.79 Å². The molecule has 100 valence electrons. The van der Waals surface area contributed by atoms with Gasteiger partial charge in [0, 0.05) is 11.6 Å². The molecule has 1 aromatic rings. The maximum absolute atomic E-state index is 12.0. The van der Waals surface area contributed by atoms with E-state index in [0.29, 0.717) is 12.5 Å². The molecule has 1 aliphatic carbocycles. The molecule has 1 amide bonds. The first kappa shape index (κ1) is 14.8. The number of hydrogen-bond donors (Lipinski definition) is 3. The van der Waals surface area contributed by atoms with Crippen molar-refractivity contribution in [1.82, 2.24) is 0 Å². The van der Waals surface area contributed by atoms with E-state index in [1.807, 2.05) is 0 Å². The van der Waals surface area contributed by atoms with Gasteiger partial charge in [0.25, 0.3) is 0 Å². The van der Waals surface area contributed by atoms with Crippen molar-refractivity contribution in [2.24, 2.45) is 17.6 Å². The first-order chi connectivity index (χ1) is 8.20. The number of nitrogens with two attached hydrogens (primary N) is 1. The van der Waals surface area contributed by atoms with Gasteiger partial charge >= 0.3 is 0 Å². The smallest absolute Gasteiger partial charge is 0.227 e. The number of aromatic hydroxyl groups is 1. The van der Waals surface area contributed by atoms with E-state index < -0.39 is 0 Å². The van der Waals surface area contributed by atoms with Crippen LogP contribution in [0, 0.1) is 11.8 Å². The Morgan fingerprint density at radius 3 is 2.61 bits per heavy atom. The van der Waals surface area contributed by atoms with Gasteiger partial charge in [0.2, 0.25) is 5.91 Å². The molecule has 1 aliphatic rings. The summed E-state index contributed by atoms with van der Waals surface area (Å²) in [6, 6.07) is 6.51. The number of carbonyl (C=O) groups excluding carboxylic acids is 1. The zero-order valence-electron chi connectivity index (χ0n) is 10.1. The van der Waals surface area contributed by atoms with Crippen LogP contribution < -0.4 is 11.1 Å². The summed E-state index contributed by atoms with van der Waals surface area (Å²) in [5.74, 6) is 0.591. The molecule has 18 heavy (non-hydrogen) atoms. The quantitative estimate of drug-likeness (QED) is 0.737. The highest BCUT2D eigenvalue weighted by molar-refractivity contribution is 5.93. The predicted octanol–water partition coefficient (Wildman–Crippen LogP) is 2.13. The Kier molecular flexibility index (Phi) is 5.44. The Balaban J connectivity index is 0.00000162. The number of phenolic OH excluding ortho intramolecular Hbond substituents is 1. The second kappa shape index (κ2) is 6.61. The van der Waals surface area contributed by atoms with Crippen molar-refractivity contribution in [1.29, 1.82) is 0 Å². The molecule has 0 unspecified atom stereocenters. The second-order valence-electron chi connectivity index (χ2n) is 4.57. The molecule has 1 aromatic carbocycles. The number of benzene rings is 1. The molecule has 0 aliphatic heterocycles. The lowest BCUT2D eigenvalue weighted by atomic mass is 9.95. The van der Waals surface area contributed by atoms with E-state index in [2.05, 4.69) is 5.32 Å². The normalized spacial score (nSPS) is 22.3. The van der Waals surface area contributed by atoms with Gasteiger partial charge in [0.05, 0.1) is 0 Å². The van der Waals surface area contributed by atoms with Crippen molar-refractivity contribution in [3.8, 4) is 5.75 Å². The summed E-state index contributed by atoms with van der Waals surface area (Å²) >= 11 is 0. The first-order valence-corrected chi connectivity index (χ1v) is 6.00. The molecule has 0 heterocycles. The maximum Gasteiger partial charge on any atom is 0.227 e. The molecule has 4 nitrogen and oxygen atoms in total. The van der Waals surface area contributed by atoms with Gasteiger partial charge in [-0.2, -0.15) is 0 Å². The Labute approximate surface area is 113 Å². The van der Waals surface area contributed by atoms with Crippen LogP contribution in [0.15, 0.2) is 24.3 Å². The van der Waals surface area contributed by atoms with Crippen LogP contribution in [0.25, 0.3) is 0 Å². The number of halogens is 1. The molecule has 2 atom stereocenters. The van der Waals surface area contributed by atoms with Crippen LogP contribution in [0.3, 0.4) is 0 Å². The highest BCUT2D eigenvalue weighted by Crippen LogP contribution is 2.31. The summed E-state index contributed by atoms with van der Waals surface area (Å²) in [4.78, 5) is 12.0. The molecule has 2 rings (SSSR count). The largest absolute Gasteiger partial charge is 0.508 e. The topological polar surface area (TPSA) is 75.4 Å². The average molecular weight is 271 g/mol. The zero-order chi connectivity index (χ0) is 12.3. The van der Waals surface area contributed by atoms with E-state index in [9.17, 15) is 4.79 Å². The number of rotatable bonds is 3. The molecule has 0 radical (unpaired) electrons. The molecule has 0 saturated heterocycles. The fourth-order valence-corrected chi connectivity index (χ4v) is 2.44. The number of nitrogens with one attached hydrogen (secondary N) is 1. The minimum Gasteiger partial charge on any atom is -0.508 e. The van der Waals surface area contributed by atoms with Crippen molar-refractivity contribution in [2.75, 3.05) is 11.9 Å². The SMILES string of the molecule is Cl.NC[C@H]1CCC[C@H]1C(=O)Nc1ccc(O)cc1. The summed E-state index contributed by atoms with van der Waals surface area (Å²) in [5.41, 5.74) is 6.38. The molecule has 4 N–H and O–H groups in total. The molecule has 0 bridgehead atoms. The van der Waals surface area contributed by atoms with Crippen LogP contribution in [0.1, 0.15) is 19.3 Å². The van der Waals surface area contributed by atoms with Gasteiger partial charge in [-0.15, -0.1) is 12.4 Å². The van der Waals surface area contributed by atoms with Gasteiger partial charge in [-0.25, -0.2) is 0 Å². The fourth-order valence-electron chi connectivity index (χ4n) is 2.44. The predicted molar refractivity (Wildman–Crippen MR) is 73.9 cm³/mol. The summed E-state index contributed by atoms with van der Waals surface area (Å²) in [6.07, 6.45) is 3.05. The molecule has 1 fully saturated rings. The molecule has 0 spiro atoms. The van der Waals surface area contributed by atoms with Gasteiger partial charge in [-0.05, 0) is 49.6 Å². The van der Waals surface area contributed by atoms with Crippen molar-refractivity contribution in [3.05, 3.63) is 24.3 Å². The van der Waals surface area contributed by atoms with E-state index in [1.165, 1.54) is 0 Å². The third-order valence-corrected chi connectivity index (χ3v) is 3.43. The van der Waals surface area contributed by atoms with Crippen LogP contribution in [0.4, 0.5) is 5.69 Å². The van der Waals surface area contributed by atoms with Crippen LogP contribution in [0.5, 0.6) is 5.75 Å². The highest BCUT2D eigenvalue weighted by Gasteiger charge is 2.31. The Bertz CT molecular complexity index is 394. The Hall–Kier alpha value is -1.26.